The van der Waals surface area contributed by atoms with Crippen LogP contribution in [0, 0.1) is 5.92 Å². The maximum atomic E-state index is 11.8. The van der Waals surface area contributed by atoms with E-state index in [-0.39, 0.29) is 0 Å². The molecule has 0 saturated heterocycles. The molecule has 4 heteroatoms. The quantitative estimate of drug-likeness (QED) is 0.868. The second kappa shape index (κ2) is 5.95. The number of anilines is 1. The summed E-state index contributed by atoms with van der Waals surface area (Å²) in [6.07, 6.45) is 4.57. The van der Waals surface area contributed by atoms with E-state index in [1.54, 1.807) is 0 Å². The largest absolute Gasteiger partial charge is 0.480 e. The Morgan fingerprint density at radius 2 is 2.26 bits per heavy atom. The number of carbonyl (C=O) groups is 1. The topological polar surface area (TPSA) is 49.3 Å². The number of rotatable bonds is 4. The molecule has 0 aromatic heterocycles. The minimum atomic E-state index is -0.817. The van der Waals surface area contributed by atoms with Gasteiger partial charge >= 0.3 is 5.97 Å². The van der Waals surface area contributed by atoms with Gasteiger partial charge in [-0.1, -0.05) is 38.3 Å². The number of halogens is 1. The van der Waals surface area contributed by atoms with Crippen molar-refractivity contribution in [3.63, 3.8) is 0 Å². The first-order valence-electron chi connectivity index (χ1n) is 6.83. The van der Waals surface area contributed by atoms with E-state index in [1.165, 1.54) is 0 Å². The number of carboxylic acid groups (broad SMARTS) is 1. The summed E-state index contributed by atoms with van der Waals surface area (Å²) < 4.78 is 0.911. The van der Waals surface area contributed by atoms with Gasteiger partial charge < -0.3 is 10.4 Å². The van der Waals surface area contributed by atoms with E-state index in [9.17, 15) is 9.90 Å². The Labute approximate surface area is 122 Å². The minimum Gasteiger partial charge on any atom is -0.480 e. The van der Waals surface area contributed by atoms with Crippen molar-refractivity contribution >= 4 is 27.6 Å². The zero-order chi connectivity index (χ0) is 13.9. The van der Waals surface area contributed by atoms with Crippen LogP contribution in [0.3, 0.4) is 0 Å². The van der Waals surface area contributed by atoms with Crippen molar-refractivity contribution in [1.29, 1.82) is 0 Å². The monoisotopic (exact) mass is 325 g/mol. The lowest BCUT2D eigenvalue weighted by molar-refractivity contribution is -0.144. The Balaban J connectivity index is 2.25. The molecule has 3 nitrogen and oxygen atoms in total. The van der Waals surface area contributed by atoms with Gasteiger partial charge in [0.1, 0.15) is 5.54 Å². The Bertz CT molecular complexity index is 463. The van der Waals surface area contributed by atoms with Crippen LogP contribution < -0.4 is 5.32 Å². The molecule has 1 fully saturated rings. The van der Waals surface area contributed by atoms with Gasteiger partial charge in [-0.05, 0) is 46.8 Å². The fourth-order valence-corrected chi connectivity index (χ4v) is 3.30. The number of benzene rings is 1. The van der Waals surface area contributed by atoms with Crippen LogP contribution in [0.25, 0.3) is 0 Å². The molecule has 2 rings (SSSR count). The third kappa shape index (κ3) is 3.11. The second-order valence-corrected chi connectivity index (χ2v) is 6.22. The summed E-state index contributed by atoms with van der Waals surface area (Å²) in [5.74, 6) is -0.235. The lowest BCUT2D eigenvalue weighted by Crippen LogP contribution is -2.50. The molecule has 2 N–H and O–H groups in total. The van der Waals surface area contributed by atoms with Crippen LogP contribution in [-0.2, 0) is 4.79 Å². The average Bonchev–Trinajstić information content (AvgIpc) is 2.41. The second-order valence-electron chi connectivity index (χ2n) is 5.36. The maximum Gasteiger partial charge on any atom is 0.329 e. The lowest BCUT2D eigenvalue weighted by atomic mass is 9.74. The van der Waals surface area contributed by atoms with Crippen molar-refractivity contribution in [3.05, 3.63) is 28.7 Å². The van der Waals surface area contributed by atoms with Gasteiger partial charge in [0.15, 0.2) is 0 Å². The third-order valence-electron chi connectivity index (χ3n) is 4.09. The third-order valence-corrected chi connectivity index (χ3v) is 4.78. The minimum absolute atomic E-state index is 0.500. The highest BCUT2D eigenvalue weighted by Crippen LogP contribution is 2.38. The van der Waals surface area contributed by atoms with Crippen LogP contribution in [0.15, 0.2) is 28.7 Å². The van der Waals surface area contributed by atoms with E-state index >= 15 is 0 Å². The number of hydrogen-bond acceptors (Lipinski definition) is 2. The number of para-hydroxylation sites is 1. The van der Waals surface area contributed by atoms with Crippen LogP contribution in [0.5, 0.6) is 0 Å². The summed E-state index contributed by atoms with van der Waals surface area (Å²) in [6, 6.07) is 7.70. The fraction of sp³-hybridized carbons (Fsp3) is 0.533. The van der Waals surface area contributed by atoms with Crippen molar-refractivity contribution in [2.45, 2.75) is 44.6 Å². The van der Waals surface area contributed by atoms with E-state index in [1.807, 2.05) is 24.3 Å². The molecule has 1 aromatic rings. The highest BCUT2D eigenvalue weighted by atomic mass is 79.9. The van der Waals surface area contributed by atoms with Gasteiger partial charge in [-0.3, -0.25) is 0 Å². The highest BCUT2D eigenvalue weighted by Gasteiger charge is 2.42. The normalized spacial score (nSPS) is 26.9. The molecule has 0 heterocycles. The van der Waals surface area contributed by atoms with Crippen LogP contribution in [-0.4, -0.2) is 16.6 Å². The summed E-state index contributed by atoms with van der Waals surface area (Å²) >= 11 is 3.47. The van der Waals surface area contributed by atoms with Crippen molar-refractivity contribution < 1.29 is 9.90 Å². The molecule has 1 aliphatic carbocycles. The van der Waals surface area contributed by atoms with Crippen LogP contribution in [0.1, 0.15) is 39.0 Å². The number of aliphatic carboxylic acids is 1. The van der Waals surface area contributed by atoms with Crippen molar-refractivity contribution in [3.8, 4) is 0 Å². The molecule has 2 atom stereocenters. The van der Waals surface area contributed by atoms with Gasteiger partial charge in [0.05, 0.1) is 0 Å². The van der Waals surface area contributed by atoms with Crippen LogP contribution >= 0.6 is 15.9 Å². The summed E-state index contributed by atoms with van der Waals surface area (Å²) in [5.41, 5.74) is 0.0460. The summed E-state index contributed by atoms with van der Waals surface area (Å²) in [7, 11) is 0. The molecule has 0 aliphatic heterocycles. The molecule has 1 aromatic carbocycles. The number of nitrogens with one attached hydrogen (secondary N) is 1. The molecule has 104 valence electrons. The Kier molecular flexibility index (Phi) is 4.50. The molecular formula is C15H20BrNO2. The first-order chi connectivity index (χ1) is 9.07. The molecule has 1 aliphatic rings. The average molecular weight is 326 g/mol. The first kappa shape index (κ1) is 14.4. The fourth-order valence-electron chi connectivity index (χ4n) is 2.92. The van der Waals surface area contributed by atoms with Crippen molar-refractivity contribution in [2.75, 3.05) is 5.32 Å². The van der Waals surface area contributed by atoms with Crippen LogP contribution in [0.4, 0.5) is 5.69 Å². The van der Waals surface area contributed by atoms with Gasteiger partial charge in [-0.15, -0.1) is 0 Å². The van der Waals surface area contributed by atoms with Gasteiger partial charge in [0, 0.05) is 10.2 Å². The van der Waals surface area contributed by atoms with E-state index in [0.717, 1.165) is 29.4 Å². The van der Waals surface area contributed by atoms with Gasteiger partial charge in [-0.2, -0.15) is 0 Å². The Morgan fingerprint density at radius 1 is 1.53 bits per heavy atom. The van der Waals surface area contributed by atoms with E-state index in [2.05, 4.69) is 28.2 Å². The first-order valence-corrected chi connectivity index (χ1v) is 7.63. The SMILES string of the molecule is CCC1CCCC(Nc2ccccc2Br)(C(=O)O)C1. The highest BCUT2D eigenvalue weighted by molar-refractivity contribution is 9.10. The molecular weight excluding hydrogens is 306 g/mol. The standard InChI is InChI=1S/C15H20BrNO2/c1-2-11-6-5-9-15(10-11,14(18)19)17-13-8-4-3-7-12(13)16/h3-4,7-8,11,17H,2,5-6,9-10H2,1H3,(H,18,19). The molecule has 1 saturated carbocycles. The molecule has 2 unspecified atom stereocenters. The number of hydrogen-bond donors (Lipinski definition) is 2. The summed E-state index contributed by atoms with van der Waals surface area (Å²) in [6.45, 7) is 2.14. The van der Waals surface area contributed by atoms with Crippen molar-refractivity contribution in [1.82, 2.24) is 0 Å². The molecule has 0 amide bonds. The maximum absolute atomic E-state index is 11.8. The van der Waals surface area contributed by atoms with Gasteiger partial charge in [0.2, 0.25) is 0 Å². The van der Waals surface area contributed by atoms with Gasteiger partial charge in [0.25, 0.3) is 0 Å². The Morgan fingerprint density at radius 3 is 2.89 bits per heavy atom. The van der Waals surface area contributed by atoms with E-state index < -0.39 is 11.5 Å². The zero-order valence-electron chi connectivity index (χ0n) is 11.2. The Hall–Kier alpha value is -1.03. The lowest BCUT2D eigenvalue weighted by Gasteiger charge is -2.39. The summed E-state index contributed by atoms with van der Waals surface area (Å²) in [5, 5.41) is 13.0. The predicted octanol–water partition coefficient (Wildman–Crippen LogP) is 4.28. The summed E-state index contributed by atoms with van der Waals surface area (Å²) in [4.78, 5) is 11.8. The van der Waals surface area contributed by atoms with Crippen LogP contribution in [0.2, 0.25) is 0 Å². The van der Waals surface area contributed by atoms with E-state index in [0.29, 0.717) is 18.8 Å². The smallest absolute Gasteiger partial charge is 0.329 e. The zero-order valence-corrected chi connectivity index (χ0v) is 12.7. The number of carboxylic acids is 1. The molecule has 0 spiro atoms. The van der Waals surface area contributed by atoms with E-state index in [4.69, 9.17) is 0 Å². The predicted molar refractivity (Wildman–Crippen MR) is 80.4 cm³/mol. The molecule has 0 bridgehead atoms. The van der Waals surface area contributed by atoms with Crippen molar-refractivity contribution in [2.24, 2.45) is 5.92 Å². The molecule has 19 heavy (non-hydrogen) atoms. The molecule has 0 radical (unpaired) electrons. The van der Waals surface area contributed by atoms with Gasteiger partial charge in [-0.25, -0.2) is 4.79 Å².